The number of rotatable bonds is 6. The van der Waals surface area contributed by atoms with Crippen molar-refractivity contribution in [3.8, 4) is 0 Å². The predicted molar refractivity (Wildman–Crippen MR) is 118 cm³/mol. The lowest BCUT2D eigenvalue weighted by Gasteiger charge is -2.32. The molecule has 3 rings (SSSR count). The molecule has 1 aliphatic rings. The van der Waals surface area contributed by atoms with Gasteiger partial charge in [-0.2, -0.15) is 0 Å². The molecule has 28 heavy (non-hydrogen) atoms. The number of benzene rings is 2. The maximum Gasteiger partial charge on any atom is 0.241 e. The highest BCUT2D eigenvalue weighted by Gasteiger charge is 2.21. The molecular formula is C24H33N3O. The van der Waals surface area contributed by atoms with Gasteiger partial charge in [0.1, 0.15) is 0 Å². The third kappa shape index (κ3) is 4.74. The van der Waals surface area contributed by atoms with Crippen LogP contribution in [0.15, 0.2) is 42.5 Å². The fourth-order valence-corrected chi connectivity index (χ4v) is 3.93. The van der Waals surface area contributed by atoms with Crippen LogP contribution >= 0.6 is 0 Å². The Labute approximate surface area is 169 Å². The molecule has 1 N–H and O–H groups in total. The van der Waals surface area contributed by atoms with E-state index in [-0.39, 0.29) is 11.9 Å². The lowest BCUT2D eigenvalue weighted by atomic mass is 10.1. The molecule has 1 amide bonds. The Kier molecular flexibility index (Phi) is 6.74. The van der Waals surface area contributed by atoms with E-state index in [1.807, 2.05) is 46.0 Å². The van der Waals surface area contributed by atoms with Crippen LogP contribution in [0.2, 0.25) is 0 Å². The van der Waals surface area contributed by atoms with Crippen molar-refractivity contribution in [3.63, 3.8) is 0 Å². The number of hydrogen-bond acceptors (Lipinski definition) is 3. The summed E-state index contributed by atoms with van der Waals surface area (Å²) in [6.45, 7) is 9.06. The normalized spacial score (nSPS) is 15.5. The van der Waals surface area contributed by atoms with Gasteiger partial charge in [0.15, 0.2) is 0 Å². The summed E-state index contributed by atoms with van der Waals surface area (Å²) in [6.07, 6.45) is 3.85. The molecule has 4 nitrogen and oxygen atoms in total. The van der Waals surface area contributed by atoms with Gasteiger partial charge < -0.3 is 10.2 Å². The smallest absolute Gasteiger partial charge is 0.241 e. The number of anilines is 2. The van der Waals surface area contributed by atoms with Gasteiger partial charge in [-0.3, -0.25) is 9.69 Å². The van der Waals surface area contributed by atoms with Gasteiger partial charge in [0.05, 0.1) is 6.04 Å². The lowest BCUT2D eigenvalue weighted by Crippen LogP contribution is -2.40. The number of nitrogens with one attached hydrogen (secondary N) is 1. The minimum absolute atomic E-state index is 0.0374. The Morgan fingerprint density at radius 2 is 1.68 bits per heavy atom. The van der Waals surface area contributed by atoms with Gasteiger partial charge >= 0.3 is 0 Å². The van der Waals surface area contributed by atoms with Gasteiger partial charge in [0, 0.05) is 31.0 Å². The average Bonchev–Trinajstić information content (AvgIpc) is 2.71. The molecule has 0 spiro atoms. The van der Waals surface area contributed by atoms with Gasteiger partial charge in [0.2, 0.25) is 5.91 Å². The zero-order valence-electron chi connectivity index (χ0n) is 17.7. The maximum absolute atomic E-state index is 12.9. The number of likely N-dealkylation sites (N-methyl/N-ethyl adjacent to an activating group) is 1. The summed E-state index contributed by atoms with van der Waals surface area (Å²) in [4.78, 5) is 17.5. The largest absolute Gasteiger partial charge is 0.371 e. The number of hydrogen-bond donors (Lipinski definition) is 1. The maximum atomic E-state index is 12.9. The van der Waals surface area contributed by atoms with Crippen molar-refractivity contribution in [1.29, 1.82) is 0 Å². The van der Waals surface area contributed by atoms with Gasteiger partial charge in [-0.1, -0.05) is 36.4 Å². The summed E-state index contributed by atoms with van der Waals surface area (Å²) in [5.41, 5.74) is 5.73. The van der Waals surface area contributed by atoms with Crippen molar-refractivity contribution in [2.75, 3.05) is 30.4 Å². The lowest BCUT2D eigenvalue weighted by molar-refractivity contribution is -0.120. The Morgan fingerprint density at radius 1 is 1.04 bits per heavy atom. The van der Waals surface area contributed by atoms with Crippen LogP contribution in [0, 0.1) is 13.8 Å². The fourth-order valence-electron chi connectivity index (χ4n) is 3.93. The van der Waals surface area contributed by atoms with Crippen molar-refractivity contribution < 1.29 is 4.79 Å². The molecule has 4 heteroatoms. The second-order valence-electron chi connectivity index (χ2n) is 8.02. The number of piperidine rings is 1. The fraction of sp³-hybridized carbons (Fsp3) is 0.458. The van der Waals surface area contributed by atoms with Crippen molar-refractivity contribution in [1.82, 2.24) is 4.90 Å². The van der Waals surface area contributed by atoms with Gasteiger partial charge in [0.25, 0.3) is 0 Å². The van der Waals surface area contributed by atoms with E-state index in [1.165, 1.54) is 30.5 Å². The first kappa shape index (κ1) is 20.4. The number of carbonyl (C=O) groups is 1. The van der Waals surface area contributed by atoms with Crippen molar-refractivity contribution in [3.05, 3.63) is 59.2 Å². The number of amides is 1. The summed E-state index contributed by atoms with van der Waals surface area (Å²) < 4.78 is 0. The molecule has 150 valence electrons. The second kappa shape index (κ2) is 9.24. The molecule has 2 aromatic rings. The first-order chi connectivity index (χ1) is 13.5. The molecule has 0 radical (unpaired) electrons. The van der Waals surface area contributed by atoms with Crippen LogP contribution in [-0.4, -0.2) is 37.0 Å². The molecule has 0 aromatic heterocycles. The molecular weight excluding hydrogens is 346 g/mol. The topological polar surface area (TPSA) is 35.6 Å². The number of para-hydroxylation sites is 2. The van der Waals surface area contributed by atoms with Crippen LogP contribution in [0.3, 0.4) is 0 Å². The third-order valence-electron chi connectivity index (χ3n) is 5.88. The number of aryl methyl sites for hydroxylation is 2. The van der Waals surface area contributed by atoms with Crippen molar-refractivity contribution >= 4 is 17.3 Å². The Morgan fingerprint density at radius 3 is 2.36 bits per heavy atom. The van der Waals surface area contributed by atoms with Crippen LogP contribution in [0.25, 0.3) is 0 Å². The second-order valence-corrected chi connectivity index (χ2v) is 8.02. The summed E-state index contributed by atoms with van der Waals surface area (Å²) >= 11 is 0. The monoisotopic (exact) mass is 379 g/mol. The third-order valence-corrected chi connectivity index (χ3v) is 5.88. The summed E-state index contributed by atoms with van der Waals surface area (Å²) in [6, 6.07) is 14.5. The summed E-state index contributed by atoms with van der Waals surface area (Å²) in [5, 5.41) is 3.13. The first-order valence-electron chi connectivity index (χ1n) is 10.4. The molecule has 1 fully saturated rings. The van der Waals surface area contributed by atoms with Crippen LogP contribution < -0.4 is 10.2 Å². The molecule has 2 aromatic carbocycles. The zero-order valence-corrected chi connectivity index (χ0v) is 17.7. The predicted octanol–water partition coefficient (Wildman–Crippen LogP) is 4.75. The molecule has 1 aliphatic heterocycles. The molecule has 0 aliphatic carbocycles. The van der Waals surface area contributed by atoms with E-state index >= 15 is 0 Å². The first-order valence-corrected chi connectivity index (χ1v) is 10.4. The molecule has 1 heterocycles. The van der Waals surface area contributed by atoms with Crippen LogP contribution in [0.4, 0.5) is 11.4 Å². The molecule has 1 atom stereocenters. The van der Waals surface area contributed by atoms with Gasteiger partial charge in [-0.15, -0.1) is 0 Å². The molecule has 1 unspecified atom stereocenters. The SMILES string of the molecule is Cc1cccc(C)c1NC(=O)C(C)N(C)Cc1ccccc1N1CCCCC1. The van der Waals surface area contributed by atoms with E-state index in [0.29, 0.717) is 0 Å². The minimum atomic E-state index is -0.214. The molecule has 1 saturated heterocycles. The number of nitrogens with zero attached hydrogens (tertiary/aromatic N) is 2. The van der Waals surface area contributed by atoms with Crippen molar-refractivity contribution in [2.24, 2.45) is 0 Å². The Bertz CT molecular complexity index is 791. The highest BCUT2D eigenvalue weighted by molar-refractivity contribution is 5.95. The van der Waals surface area contributed by atoms with E-state index in [1.54, 1.807) is 0 Å². The van der Waals surface area contributed by atoms with Crippen molar-refractivity contribution in [2.45, 2.75) is 52.6 Å². The number of carbonyl (C=O) groups excluding carboxylic acids is 1. The highest BCUT2D eigenvalue weighted by Crippen LogP contribution is 2.26. The highest BCUT2D eigenvalue weighted by atomic mass is 16.2. The van der Waals surface area contributed by atoms with Crippen LogP contribution in [0.1, 0.15) is 42.9 Å². The van der Waals surface area contributed by atoms with Gasteiger partial charge in [-0.05, 0) is 69.8 Å². The van der Waals surface area contributed by atoms with E-state index < -0.39 is 0 Å². The van der Waals surface area contributed by atoms with Gasteiger partial charge in [-0.25, -0.2) is 0 Å². The Hall–Kier alpha value is -2.33. The van der Waals surface area contributed by atoms with E-state index in [0.717, 1.165) is 36.4 Å². The van der Waals surface area contributed by atoms with E-state index in [4.69, 9.17) is 0 Å². The zero-order chi connectivity index (χ0) is 20.1. The molecule has 0 saturated carbocycles. The van der Waals surface area contributed by atoms with E-state index in [2.05, 4.69) is 39.4 Å². The van der Waals surface area contributed by atoms with Crippen LogP contribution in [0.5, 0.6) is 0 Å². The minimum Gasteiger partial charge on any atom is -0.371 e. The quantitative estimate of drug-likeness (QED) is 0.786. The standard InChI is InChI=1S/C24H33N3O/c1-18-11-10-12-19(2)23(18)25-24(28)20(3)26(4)17-21-13-6-7-14-22(21)27-15-8-5-9-16-27/h6-7,10-14,20H,5,8-9,15-17H2,1-4H3,(H,25,28). The van der Waals surface area contributed by atoms with E-state index in [9.17, 15) is 4.79 Å². The summed E-state index contributed by atoms with van der Waals surface area (Å²) in [7, 11) is 2.03. The average molecular weight is 380 g/mol. The van der Waals surface area contributed by atoms with Crippen LogP contribution in [-0.2, 0) is 11.3 Å². The Balaban J connectivity index is 1.69. The molecule has 0 bridgehead atoms. The summed E-state index contributed by atoms with van der Waals surface area (Å²) in [5.74, 6) is 0.0374.